The number of aromatic nitrogens is 3. The molecule has 8 heteroatoms. The molecule has 2 amide bonds. The molecule has 4 aromatic rings. The van der Waals surface area contributed by atoms with E-state index in [9.17, 15) is 9.59 Å². The van der Waals surface area contributed by atoms with Crippen molar-refractivity contribution >= 4 is 28.5 Å². The number of benzene rings is 2. The number of amides is 2. The van der Waals surface area contributed by atoms with Crippen molar-refractivity contribution in [2.45, 2.75) is 31.7 Å². The number of fused-ring (bicyclic) bond motifs is 1. The maximum absolute atomic E-state index is 13.9. The first kappa shape index (κ1) is 24.6. The van der Waals surface area contributed by atoms with E-state index < -0.39 is 0 Å². The third kappa shape index (κ3) is 5.11. The van der Waals surface area contributed by atoms with Crippen molar-refractivity contribution in [2.75, 3.05) is 25.6 Å². The molecule has 1 N–H and O–H groups in total. The zero-order valence-electron chi connectivity index (χ0n) is 21.2. The van der Waals surface area contributed by atoms with E-state index in [-0.39, 0.29) is 24.3 Å². The minimum Gasteiger partial charge on any atom is -0.384 e. The molecule has 0 saturated carbocycles. The van der Waals surface area contributed by atoms with Crippen LogP contribution in [-0.4, -0.2) is 51.5 Å². The summed E-state index contributed by atoms with van der Waals surface area (Å²) in [6, 6.07) is 17.4. The fourth-order valence-corrected chi connectivity index (χ4v) is 5.08. The molecule has 0 radical (unpaired) electrons. The average molecular weight is 498 g/mol. The van der Waals surface area contributed by atoms with Gasteiger partial charge in [-0.15, -0.1) is 0 Å². The molecule has 190 valence electrons. The van der Waals surface area contributed by atoms with Gasteiger partial charge in [0.2, 0.25) is 5.91 Å². The second-order valence-corrected chi connectivity index (χ2v) is 9.34. The van der Waals surface area contributed by atoms with Crippen molar-refractivity contribution in [3.8, 4) is 11.4 Å². The fraction of sp³-hybridized carbons (Fsp3) is 0.310. The van der Waals surface area contributed by atoms with Gasteiger partial charge < -0.3 is 19.5 Å². The lowest BCUT2D eigenvalue weighted by molar-refractivity contribution is -0.117. The van der Waals surface area contributed by atoms with E-state index in [1.165, 1.54) is 0 Å². The van der Waals surface area contributed by atoms with E-state index in [1.807, 2.05) is 71.2 Å². The Balaban J connectivity index is 1.58. The smallest absolute Gasteiger partial charge is 0.254 e. The second-order valence-electron chi connectivity index (χ2n) is 9.34. The number of carbonyl (C=O) groups excluding carboxylic acids is 2. The van der Waals surface area contributed by atoms with Gasteiger partial charge in [0.05, 0.1) is 35.8 Å². The number of carbonyl (C=O) groups is 2. The molecule has 1 aliphatic heterocycles. The summed E-state index contributed by atoms with van der Waals surface area (Å²) in [5.41, 5.74) is 4.48. The molecule has 3 heterocycles. The number of hydrogen-bond donors (Lipinski definition) is 1. The fourth-order valence-electron chi connectivity index (χ4n) is 5.08. The van der Waals surface area contributed by atoms with Gasteiger partial charge >= 0.3 is 0 Å². The maximum atomic E-state index is 13.9. The number of ether oxygens (including phenoxy) is 1. The van der Waals surface area contributed by atoms with Crippen LogP contribution in [0.2, 0.25) is 0 Å². The van der Waals surface area contributed by atoms with Crippen LogP contribution >= 0.6 is 0 Å². The second kappa shape index (κ2) is 10.9. The van der Waals surface area contributed by atoms with Crippen molar-refractivity contribution in [3.05, 3.63) is 78.1 Å². The Kier molecular flexibility index (Phi) is 7.28. The Labute approximate surface area is 216 Å². The highest BCUT2D eigenvalue weighted by Gasteiger charge is 2.30. The molecule has 0 unspecified atom stereocenters. The van der Waals surface area contributed by atoms with E-state index in [0.717, 1.165) is 41.7 Å². The summed E-state index contributed by atoms with van der Waals surface area (Å²) in [5, 5.41) is 3.01. The van der Waals surface area contributed by atoms with Gasteiger partial charge in [-0.05, 0) is 43.0 Å². The summed E-state index contributed by atoms with van der Waals surface area (Å²) in [5.74, 6) is 0.509. The molecule has 1 aliphatic rings. The monoisotopic (exact) mass is 497 g/mol. The minimum atomic E-state index is -0.179. The molecule has 1 atom stereocenters. The summed E-state index contributed by atoms with van der Waals surface area (Å²) in [6.07, 6.45) is 6.70. The predicted molar refractivity (Wildman–Crippen MR) is 143 cm³/mol. The molecule has 0 aliphatic carbocycles. The maximum Gasteiger partial charge on any atom is 0.254 e. The molecule has 0 spiro atoms. The molecule has 2 aromatic carbocycles. The summed E-state index contributed by atoms with van der Waals surface area (Å²) in [7, 11) is 3.49. The molecule has 1 fully saturated rings. The third-order valence-electron chi connectivity index (χ3n) is 6.89. The van der Waals surface area contributed by atoms with Crippen LogP contribution in [0.25, 0.3) is 22.4 Å². The van der Waals surface area contributed by atoms with Crippen molar-refractivity contribution in [1.82, 2.24) is 19.4 Å². The number of piperidine rings is 1. The van der Waals surface area contributed by atoms with Crippen LogP contribution < -0.4 is 5.32 Å². The standard InChI is InChI=1S/C29H31N5O3/c1-33-27-23(31-26(35)13-16-37-2)17-22(18-24(27)32-28(33)20-9-4-3-5-10-20)29(36)34-15-7-6-12-25(34)21-11-8-14-30-19-21/h3-5,8-11,14,17-19,25H,6-7,12-13,15-16H2,1-2H3,(H,31,35)/t25-/m0/s1. The van der Waals surface area contributed by atoms with Crippen LogP contribution in [0.5, 0.6) is 0 Å². The minimum absolute atomic E-state index is 0.0333. The SMILES string of the molecule is COCCC(=O)Nc1cc(C(=O)N2CCCC[C@H]2c2cccnc2)cc2nc(-c3ccccc3)n(C)c12. The van der Waals surface area contributed by atoms with Gasteiger partial charge in [-0.25, -0.2) is 4.98 Å². The van der Waals surface area contributed by atoms with Crippen LogP contribution in [0.15, 0.2) is 67.0 Å². The molecular formula is C29H31N5O3. The molecule has 1 saturated heterocycles. The highest BCUT2D eigenvalue weighted by molar-refractivity contribution is 6.06. The topological polar surface area (TPSA) is 89.3 Å². The Morgan fingerprint density at radius 2 is 1.95 bits per heavy atom. The lowest BCUT2D eigenvalue weighted by Crippen LogP contribution is -2.38. The summed E-state index contributed by atoms with van der Waals surface area (Å²) in [4.78, 5) is 37.7. The zero-order valence-corrected chi connectivity index (χ0v) is 21.2. The first-order valence-corrected chi connectivity index (χ1v) is 12.6. The van der Waals surface area contributed by atoms with Crippen LogP contribution in [0, 0.1) is 0 Å². The van der Waals surface area contributed by atoms with Crippen LogP contribution in [0.3, 0.4) is 0 Å². The Morgan fingerprint density at radius 1 is 1.11 bits per heavy atom. The van der Waals surface area contributed by atoms with Crippen molar-refractivity contribution in [3.63, 3.8) is 0 Å². The quantitative estimate of drug-likeness (QED) is 0.389. The van der Waals surface area contributed by atoms with E-state index in [0.29, 0.717) is 29.9 Å². The highest BCUT2D eigenvalue weighted by Crippen LogP contribution is 2.34. The number of pyridine rings is 1. The van der Waals surface area contributed by atoms with Gasteiger partial charge in [0, 0.05) is 44.2 Å². The number of nitrogens with zero attached hydrogens (tertiary/aromatic N) is 4. The average Bonchev–Trinajstić information content (AvgIpc) is 3.28. The van der Waals surface area contributed by atoms with Crippen molar-refractivity contribution < 1.29 is 14.3 Å². The summed E-state index contributed by atoms with van der Waals surface area (Å²) < 4.78 is 7.04. The van der Waals surface area contributed by atoms with Crippen LogP contribution in [-0.2, 0) is 16.6 Å². The van der Waals surface area contributed by atoms with Crippen LogP contribution in [0.1, 0.15) is 47.6 Å². The third-order valence-corrected chi connectivity index (χ3v) is 6.89. The Bertz CT molecular complexity index is 1400. The largest absolute Gasteiger partial charge is 0.384 e. The lowest BCUT2D eigenvalue weighted by atomic mass is 9.95. The Morgan fingerprint density at radius 3 is 2.70 bits per heavy atom. The number of likely N-dealkylation sites (tertiary alicyclic amines) is 1. The van der Waals surface area contributed by atoms with E-state index in [4.69, 9.17) is 9.72 Å². The first-order chi connectivity index (χ1) is 18.1. The molecule has 0 bridgehead atoms. The highest BCUT2D eigenvalue weighted by atomic mass is 16.5. The van der Waals surface area contributed by atoms with E-state index in [1.54, 1.807) is 19.4 Å². The van der Waals surface area contributed by atoms with Gasteiger partial charge in [-0.2, -0.15) is 0 Å². The summed E-state index contributed by atoms with van der Waals surface area (Å²) >= 11 is 0. The number of nitrogens with one attached hydrogen (secondary N) is 1. The first-order valence-electron chi connectivity index (χ1n) is 12.6. The van der Waals surface area contributed by atoms with Gasteiger partial charge in [-0.1, -0.05) is 36.4 Å². The molecular weight excluding hydrogens is 466 g/mol. The predicted octanol–water partition coefficient (Wildman–Crippen LogP) is 4.98. The van der Waals surface area contributed by atoms with E-state index in [2.05, 4.69) is 10.3 Å². The molecule has 37 heavy (non-hydrogen) atoms. The Hall–Kier alpha value is -4.04. The number of anilines is 1. The molecule has 2 aromatic heterocycles. The van der Waals surface area contributed by atoms with Gasteiger partial charge in [0.1, 0.15) is 5.82 Å². The number of hydrogen-bond acceptors (Lipinski definition) is 5. The van der Waals surface area contributed by atoms with Crippen LogP contribution in [0.4, 0.5) is 5.69 Å². The number of methoxy groups -OCH3 is 1. The normalized spacial score (nSPS) is 15.6. The van der Waals surface area contributed by atoms with Crippen molar-refractivity contribution in [2.24, 2.45) is 7.05 Å². The molecule has 8 nitrogen and oxygen atoms in total. The summed E-state index contributed by atoms with van der Waals surface area (Å²) in [6.45, 7) is 0.984. The van der Waals surface area contributed by atoms with E-state index >= 15 is 0 Å². The number of rotatable bonds is 7. The van der Waals surface area contributed by atoms with Crippen molar-refractivity contribution in [1.29, 1.82) is 0 Å². The number of aryl methyl sites for hydroxylation is 1. The van der Waals surface area contributed by atoms with Gasteiger partial charge in [0.15, 0.2) is 0 Å². The lowest BCUT2D eigenvalue weighted by Gasteiger charge is -2.36. The van der Waals surface area contributed by atoms with Gasteiger partial charge in [0.25, 0.3) is 5.91 Å². The zero-order chi connectivity index (χ0) is 25.8. The van der Waals surface area contributed by atoms with Gasteiger partial charge in [-0.3, -0.25) is 14.6 Å². The number of imidazole rings is 1. The molecule has 5 rings (SSSR count).